The average Bonchev–Trinajstić information content (AvgIpc) is 3.19. The van der Waals surface area contributed by atoms with E-state index in [2.05, 4.69) is 56.5 Å². The summed E-state index contributed by atoms with van der Waals surface area (Å²) in [5, 5.41) is 3.55. The molecule has 0 spiro atoms. The molecule has 5 heteroatoms. The van der Waals surface area contributed by atoms with Crippen LogP contribution in [0.1, 0.15) is 37.7 Å². The van der Waals surface area contributed by atoms with E-state index < -0.39 is 0 Å². The fraction of sp³-hybridized carbons (Fsp3) is 0.571. The maximum Gasteiger partial charge on any atom is 0.193 e. The van der Waals surface area contributed by atoms with Gasteiger partial charge in [-0.1, -0.05) is 36.4 Å². The minimum absolute atomic E-state index is 0. The number of halogens is 1. The van der Waals surface area contributed by atoms with Crippen LogP contribution in [0, 0.1) is 0 Å². The molecule has 0 saturated carbocycles. The third-order valence-electron chi connectivity index (χ3n) is 5.25. The van der Waals surface area contributed by atoms with Gasteiger partial charge in [0.15, 0.2) is 5.96 Å². The summed E-state index contributed by atoms with van der Waals surface area (Å²) in [6, 6.07) is 10.7. The van der Waals surface area contributed by atoms with Crippen molar-refractivity contribution in [2.24, 2.45) is 4.99 Å². The predicted octanol–water partition coefficient (Wildman–Crippen LogP) is 3.85. The highest BCUT2D eigenvalue weighted by Crippen LogP contribution is 2.21. The first-order valence-corrected chi connectivity index (χ1v) is 9.79. The van der Waals surface area contributed by atoms with E-state index in [0.717, 1.165) is 32.0 Å². The number of hydrogen-bond donors (Lipinski definition) is 1. The summed E-state index contributed by atoms with van der Waals surface area (Å²) in [6.07, 6.45) is 8.70. The Bertz CT molecular complexity index is 579. The van der Waals surface area contributed by atoms with E-state index >= 15 is 0 Å². The Hall–Kier alpha value is -1.08. The Balaban J connectivity index is 0.00000243. The van der Waals surface area contributed by atoms with Gasteiger partial charge in [0.05, 0.1) is 0 Å². The molecule has 1 fully saturated rings. The van der Waals surface area contributed by atoms with E-state index in [0.29, 0.717) is 0 Å². The van der Waals surface area contributed by atoms with Crippen molar-refractivity contribution in [2.75, 3.05) is 46.3 Å². The fourth-order valence-corrected chi connectivity index (χ4v) is 3.78. The summed E-state index contributed by atoms with van der Waals surface area (Å²) >= 11 is 0. The first-order valence-electron chi connectivity index (χ1n) is 9.79. The molecule has 0 radical (unpaired) electrons. The summed E-state index contributed by atoms with van der Waals surface area (Å²) in [5.74, 6) is 1.05. The quantitative estimate of drug-likeness (QED) is 0.298. The smallest absolute Gasteiger partial charge is 0.193 e. The van der Waals surface area contributed by atoms with Gasteiger partial charge in [-0.3, -0.25) is 4.99 Å². The van der Waals surface area contributed by atoms with Crippen molar-refractivity contribution in [3.63, 3.8) is 0 Å². The first-order chi connectivity index (χ1) is 12.4. The van der Waals surface area contributed by atoms with E-state index in [4.69, 9.17) is 0 Å². The van der Waals surface area contributed by atoms with Gasteiger partial charge in [0.2, 0.25) is 0 Å². The van der Waals surface area contributed by atoms with Crippen LogP contribution in [0.4, 0.5) is 0 Å². The van der Waals surface area contributed by atoms with Gasteiger partial charge in [-0.25, -0.2) is 0 Å². The lowest BCUT2D eigenvalue weighted by Gasteiger charge is -2.30. The molecular weight excluding hydrogens is 435 g/mol. The highest BCUT2D eigenvalue weighted by Gasteiger charge is 2.16. The molecular formula is C21H33IN4. The highest BCUT2D eigenvalue weighted by molar-refractivity contribution is 14.0. The van der Waals surface area contributed by atoms with Gasteiger partial charge >= 0.3 is 0 Å². The van der Waals surface area contributed by atoms with Gasteiger partial charge in [0.25, 0.3) is 0 Å². The topological polar surface area (TPSA) is 30.9 Å². The molecule has 2 aliphatic rings. The van der Waals surface area contributed by atoms with Crippen LogP contribution in [0.5, 0.6) is 0 Å². The molecule has 26 heavy (non-hydrogen) atoms. The second-order valence-corrected chi connectivity index (χ2v) is 7.02. The van der Waals surface area contributed by atoms with Crippen molar-refractivity contribution in [1.82, 2.24) is 15.1 Å². The second-order valence-electron chi connectivity index (χ2n) is 7.02. The standard InChI is InChI=1S/C21H32N4.HI/c1-22-21(23-13-5-6-14-24-15-7-8-16-24)25-17-11-20(12-18-25)19-9-3-2-4-10-19;/h2-4,9-11H,5-8,12-18H2,1H3,(H,22,23);1H. The van der Waals surface area contributed by atoms with Gasteiger partial charge in [-0.05, 0) is 62.9 Å². The van der Waals surface area contributed by atoms with Gasteiger partial charge in [0, 0.05) is 26.7 Å². The molecule has 4 nitrogen and oxygen atoms in total. The SMILES string of the molecule is CN=C(NCCCCN1CCCC1)N1CC=C(c2ccccc2)CC1.I. The second kappa shape index (κ2) is 11.6. The summed E-state index contributed by atoms with van der Waals surface area (Å²) < 4.78 is 0. The third-order valence-corrected chi connectivity index (χ3v) is 5.25. The Morgan fingerprint density at radius 3 is 2.50 bits per heavy atom. The van der Waals surface area contributed by atoms with E-state index in [1.807, 2.05) is 7.05 Å². The van der Waals surface area contributed by atoms with E-state index in [1.165, 1.54) is 56.5 Å². The number of aliphatic imine (C=N–C) groups is 1. The lowest BCUT2D eigenvalue weighted by molar-refractivity contribution is 0.329. The van der Waals surface area contributed by atoms with Gasteiger partial charge in [0.1, 0.15) is 0 Å². The van der Waals surface area contributed by atoms with E-state index in [1.54, 1.807) is 0 Å². The summed E-state index contributed by atoms with van der Waals surface area (Å²) in [7, 11) is 1.89. The number of nitrogens with zero attached hydrogens (tertiary/aromatic N) is 3. The molecule has 0 unspecified atom stereocenters. The Labute approximate surface area is 175 Å². The minimum Gasteiger partial charge on any atom is -0.356 e. The van der Waals surface area contributed by atoms with Crippen LogP contribution < -0.4 is 5.32 Å². The number of rotatable bonds is 6. The zero-order chi connectivity index (χ0) is 17.3. The van der Waals surface area contributed by atoms with E-state index in [-0.39, 0.29) is 24.0 Å². The molecule has 144 valence electrons. The number of unbranched alkanes of at least 4 members (excludes halogenated alkanes) is 1. The summed E-state index contributed by atoms with van der Waals surface area (Å²) in [5.41, 5.74) is 2.81. The van der Waals surface area contributed by atoms with Gasteiger partial charge < -0.3 is 15.1 Å². The normalized spacial score (nSPS) is 18.4. The van der Waals surface area contributed by atoms with Crippen LogP contribution in [0.25, 0.3) is 5.57 Å². The predicted molar refractivity (Wildman–Crippen MR) is 122 cm³/mol. The molecule has 1 N–H and O–H groups in total. The molecule has 2 heterocycles. The zero-order valence-corrected chi connectivity index (χ0v) is 18.3. The van der Waals surface area contributed by atoms with E-state index in [9.17, 15) is 0 Å². The lowest BCUT2D eigenvalue weighted by atomic mass is 10.00. The zero-order valence-electron chi connectivity index (χ0n) is 16.0. The molecule has 2 aliphatic heterocycles. The Morgan fingerprint density at radius 2 is 1.85 bits per heavy atom. The molecule has 1 aromatic rings. The summed E-state index contributed by atoms with van der Waals surface area (Å²) in [6.45, 7) is 6.86. The third kappa shape index (κ3) is 6.27. The first kappa shape index (κ1) is 21.2. The maximum atomic E-state index is 4.48. The van der Waals surface area contributed by atoms with Crippen molar-refractivity contribution >= 4 is 35.5 Å². The van der Waals surface area contributed by atoms with Crippen molar-refractivity contribution in [2.45, 2.75) is 32.1 Å². The number of nitrogens with one attached hydrogen (secondary N) is 1. The van der Waals surface area contributed by atoms with Crippen molar-refractivity contribution in [3.05, 3.63) is 42.0 Å². The van der Waals surface area contributed by atoms with Crippen LogP contribution in [0.15, 0.2) is 41.4 Å². The van der Waals surface area contributed by atoms with Crippen LogP contribution in [0.3, 0.4) is 0 Å². The molecule has 1 saturated heterocycles. The fourth-order valence-electron chi connectivity index (χ4n) is 3.78. The average molecular weight is 468 g/mol. The van der Waals surface area contributed by atoms with Gasteiger partial charge in [-0.2, -0.15) is 0 Å². The maximum absolute atomic E-state index is 4.48. The van der Waals surface area contributed by atoms with Crippen LogP contribution in [0.2, 0.25) is 0 Å². The molecule has 0 aliphatic carbocycles. The van der Waals surface area contributed by atoms with Crippen molar-refractivity contribution in [1.29, 1.82) is 0 Å². The number of guanidine groups is 1. The number of hydrogen-bond acceptors (Lipinski definition) is 2. The lowest BCUT2D eigenvalue weighted by Crippen LogP contribution is -2.43. The number of benzene rings is 1. The molecule has 1 aromatic carbocycles. The molecule has 0 bridgehead atoms. The number of likely N-dealkylation sites (tertiary alicyclic amines) is 1. The van der Waals surface area contributed by atoms with Crippen molar-refractivity contribution < 1.29 is 0 Å². The Morgan fingerprint density at radius 1 is 1.08 bits per heavy atom. The molecule has 3 rings (SSSR count). The Kier molecular flexibility index (Phi) is 9.46. The minimum atomic E-state index is 0. The van der Waals surface area contributed by atoms with Gasteiger partial charge in [-0.15, -0.1) is 24.0 Å². The van der Waals surface area contributed by atoms with Crippen LogP contribution in [-0.4, -0.2) is 62.1 Å². The highest BCUT2D eigenvalue weighted by atomic mass is 127. The monoisotopic (exact) mass is 468 g/mol. The largest absolute Gasteiger partial charge is 0.356 e. The molecule has 0 atom stereocenters. The van der Waals surface area contributed by atoms with Crippen molar-refractivity contribution in [3.8, 4) is 0 Å². The van der Waals surface area contributed by atoms with Crippen LogP contribution >= 0.6 is 24.0 Å². The molecule has 0 amide bonds. The molecule has 0 aromatic heterocycles. The van der Waals surface area contributed by atoms with Crippen LogP contribution in [-0.2, 0) is 0 Å². The summed E-state index contributed by atoms with van der Waals surface area (Å²) in [4.78, 5) is 9.42.